The zero-order valence-corrected chi connectivity index (χ0v) is 10.1. The van der Waals surface area contributed by atoms with Crippen LogP contribution in [0.1, 0.15) is 5.69 Å². The number of aromatic amines is 1. The Balaban J connectivity index is 1.69. The number of hydrogen-bond donors (Lipinski definition) is 2. The van der Waals surface area contributed by atoms with Crippen molar-refractivity contribution in [1.29, 1.82) is 0 Å². The minimum atomic E-state index is -0.286. The van der Waals surface area contributed by atoms with Crippen LogP contribution in [0.15, 0.2) is 28.1 Å². The van der Waals surface area contributed by atoms with E-state index < -0.39 is 0 Å². The first-order valence-electron chi connectivity index (χ1n) is 5.36. The molecule has 0 amide bonds. The van der Waals surface area contributed by atoms with E-state index in [1.54, 1.807) is 17.4 Å². The molecule has 3 heterocycles. The van der Waals surface area contributed by atoms with Crippen LogP contribution in [0.25, 0.3) is 5.65 Å². The van der Waals surface area contributed by atoms with Crippen LogP contribution in [0.2, 0.25) is 0 Å². The first-order chi connectivity index (χ1) is 8.83. The summed E-state index contributed by atoms with van der Waals surface area (Å²) in [4.78, 5) is 19.6. The summed E-state index contributed by atoms with van der Waals surface area (Å²) in [6.07, 6.45) is 2.29. The highest BCUT2D eigenvalue weighted by molar-refractivity contribution is 7.07. The Morgan fingerprint density at radius 3 is 3.22 bits per heavy atom. The molecule has 0 fully saturated rings. The molecule has 0 aliphatic rings. The van der Waals surface area contributed by atoms with E-state index in [1.807, 2.05) is 10.9 Å². The molecule has 18 heavy (non-hydrogen) atoms. The smallest absolute Gasteiger partial charge is 0.348 e. The number of thiazole rings is 1. The number of nitrogens with zero attached hydrogens (tertiary/aromatic N) is 4. The highest BCUT2D eigenvalue weighted by atomic mass is 32.1. The fourth-order valence-electron chi connectivity index (χ4n) is 1.59. The largest absolute Gasteiger partial charge is 0.370 e. The van der Waals surface area contributed by atoms with Gasteiger partial charge in [-0.1, -0.05) is 0 Å². The number of rotatable bonds is 4. The summed E-state index contributed by atoms with van der Waals surface area (Å²) >= 11 is 1.58. The first-order valence-corrected chi connectivity index (χ1v) is 6.31. The summed E-state index contributed by atoms with van der Waals surface area (Å²) < 4.78 is 1.35. The average molecular weight is 262 g/mol. The van der Waals surface area contributed by atoms with Gasteiger partial charge in [0.05, 0.1) is 11.2 Å². The minimum absolute atomic E-state index is 0.286. The van der Waals surface area contributed by atoms with Gasteiger partial charge in [-0.2, -0.15) is 5.10 Å². The fourth-order valence-corrected chi connectivity index (χ4v) is 2.18. The van der Waals surface area contributed by atoms with Crippen LogP contribution in [0.4, 0.5) is 5.82 Å². The predicted molar refractivity (Wildman–Crippen MR) is 67.9 cm³/mol. The number of hydrogen-bond acceptors (Lipinski definition) is 6. The Hall–Kier alpha value is -2.22. The molecule has 0 saturated carbocycles. The van der Waals surface area contributed by atoms with Gasteiger partial charge < -0.3 is 5.32 Å². The fraction of sp³-hybridized carbons (Fsp3) is 0.200. The summed E-state index contributed by atoms with van der Waals surface area (Å²) in [5.41, 5.74) is 3.14. The van der Waals surface area contributed by atoms with Crippen molar-refractivity contribution < 1.29 is 0 Å². The molecule has 0 spiro atoms. The Kier molecular flexibility index (Phi) is 2.77. The van der Waals surface area contributed by atoms with Crippen LogP contribution in [0.5, 0.6) is 0 Å². The molecule has 0 aromatic carbocycles. The van der Waals surface area contributed by atoms with Crippen LogP contribution in [-0.2, 0) is 6.42 Å². The highest BCUT2D eigenvalue weighted by Crippen LogP contribution is 2.05. The van der Waals surface area contributed by atoms with Crippen molar-refractivity contribution in [2.75, 3.05) is 11.9 Å². The monoisotopic (exact) mass is 262 g/mol. The Bertz CT molecular complexity index is 701. The summed E-state index contributed by atoms with van der Waals surface area (Å²) in [7, 11) is 0. The van der Waals surface area contributed by atoms with Crippen molar-refractivity contribution in [3.05, 3.63) is 39.5 Å². The van der Waals surface area contributed by atoms with Gasteiger partial charge in [0.25, 0.3) is 0 Å². The molecule has 0 radical (unpaired) electrons. The van der Waals surface area contributed by atoms with Gasteiger partial charge in [-0.25, -0.2) is 24.3 Å². The van der Waals surface area contributed by atoms with E-state index in [1.165, 1.54) is 10.7 Å². The van der Waals surface area contributed by atoms with Crippen molar-refractivity contribution in [2.45, 2.75) is 6.42 Å². The van der Waals surface area contributed by atoms with Gasteiger partial charge in [-0.15, -0.1) is 11.3 Å². The molecule has 3 rings (SSSR count). The van der Waals surface area contributed by atoms with Crippen molar-refractivity contribution >= 4 is 22.8 Å². The number of nitrogens with one attached hydrogen (secondary N) is 2. The average Bonchev–Trinajstić information content (AvgIpc) is 3.00. The lowest BCUT2D eigenvalue weighted by molar-refractivity contribution is 0.955. The second kappa shape index (κ2) is 4.57. The molecule has 8 heteroatoms. The zero-order chi connectivity index (χ0) is 12.4. The second-order valence-electron chi connectivity index (χ2n) is 3.69. The van der Waals surface area contributed by atoms with Crippen molar-refractivity contribution in [2.24, 2.45) is 0 Å². The number of H-pyrrole nitrogens is 1. The lowest BCUT2D eigenvalue weighted by atomic mass is 10.3. The summed E-state index contributed by atoms with van der Waals surface area (Å²) in [6, 6.07) is 1.72. The van der Waals surface area contributed by atoms with Crippen molar-refractivity contribution in [3.63, 3.8) is 0 Å². The van der Waals surface area contributed by atoms with E-state index in [2.05, 4.69) is 25.5 Å². The molecule has 0 bridgehead atoms. The lowest BCUT2D eigenvalue weighted by Gasteiger charge is -2.03. The number of anilines is 1. The molecule has 7 nitrogen and oxygen atoms in total. The molecule has 0 atom stereocenters. The van der Waals surface area contributed by atoms with Crippen LogP contribution < -0.4 is 11.0 Å². The van der Waals surface area contributed by atoms with E-state index in [9.17, 15) is 4.79 Å². The molecule has 3 aromatic rings. The van der Waals surface area contributed by atoms with Crippen molar-refractivity contribution in [3.8, 4) is 0 Å². The SMILES string of the molecule is O=c1[nH]nc2cc(NCCc3cscn3)ncn12. The van der Waals surface area contributed by atoms with E-state index >= 15 is 0 Å². The topological polar surface area (TPSA) is 88.0 Å². The molecule has 3 aromatic heterocycles. The highest BCUT2D eigenvalue weighted by Gasteiger charge is 2.02. The molecular weight excluding hydrogens is 252 g/mol. The van der Waals surface area contributed by atoms with Crippen LogP contribution in [0.3, 0.4) is 0 Å². The van der Waals surface area contributed by atoms with Gasteiger partial charge in [-0.05, 0) is 0 Å². The van der Waals surface area contributed by atoms with Crippen molar-refractivity contribution in [1.82, 2.24) is 24.6 Å². The Labute approximate surface area is 106 Å². The number of aromatic nitrogens is 5. The van der Waals surface area contributed by atoms with Gasteiger partial charge in [0, 0.05) is 24.4 Å². The summed E-state index contributed by atoms with van der Waals surface area (Å²) in [5, 5.41) is 11.4. The van der Waals surface area contributed by atoms with E-state index in [0.29, 0.717) is 11.5 Å². The van der Waals surface area contributed by atoms with Gasteiger partial charge >= 0.3 is 5.69 Å². The van der Waals surface area contributed by atoms with Crippen LogP contribution in [0, 0.1) is 0 Å². The lowest BCUT2D eigenvalue weighted by Crippen LogP contribution is -2.11. The van der Waals surface area contributed by atoms with E-state index in [4.69, 9.17) is 0 Å². The molecule has 0 aliphatic heterocycles. The Morgan fingerprint density at radius 2 is 2.39 bits per heavy atom. The quantitative estimate of drug-likeness (QED) is 0.716. The molecule has 0 saturated heterocycles. The van der Waals surface area contributed by atoms with Crippen LogP contribution in [-0.4, -0.2) is 31.1 Å². The second-order valence-corrected chi connectivity index (χ2v) is 4.41. The standard InChI is InChI=1S/C10H10N6OS/c17-10-15-14-9-3-8(12-5-16(9)10)11-2-1-7-4-18-6-13-7/h3-6,11H,1-2H2,(H,15,17). The van der Waals surface area contributed by atoms with Gasteiger partial charge in [0.15, 0.2) is 5.65 Å². The number of fused-ring (bicyclic) bond motifs is 1. The maximum Gasteiger partial charge on any atom is 0.348 e. The minimum Gasteiger partial charge on any atom is -0.370 e. The zero-order valence-electron chi connectivity index (χ0n) is 9.33. The normalized spacial score (nSPS) is 10.9. The van der Waals surface area contributed by atoms with Gasteiger partial charge in [-0.3, -0.25) is 0 Å². The molecule has 0 aliphatic carbocycles. The predicted octanol–water partition coefficient (Wildman–Crippen LogP) is 0.529. The third-order valence-corrected chi connectivity index (χ3v) is 3.12. The van der Waals surface area contributed by atoms with E-state index in [0.717, 1.165) is 18.7 Å². The summed E-state index contributed by atoms with van der Waals surface area (Å²) in [6.45, 7) is 0.738. The maximum absolute atomic E-state index is 11.2. The Morgan fingerprint density at radius 1 is 1.44 bits per heavy atom. The van der Waals surface area contributed by atoms with Gasteiger partial charge in [0.1, 0.15) is 12.1 Å². The molecule has 0 unspecified atom stereocenters. The third kappa shape index (κ3) is 2.09. The molecule has 2 N–H and O–H groups in total. The van der Waals surface area contributed by atoms with Gasteiger partial charge in [0.2, 0.25) is 0 Å². The first kappa shape index (κ1) is 10.9. The molecule has 92 valence electrons. The molecular formula is C10H10N6OS. The summed E-state index contributed by atoms with van der Waals surface area (Å²) in [5.74, 6) is 0.691. The maximum atomic E-state index is 11.2. The van der Waals surface area contributed by atoms with Crippen LogP contribution >= 0.6 is 11.3 Å². The third-order valence-electron chi connectivity index (χ3n) is 2.48. The van der Waals surface area contributed by atoms with E-state index in [-0.39, 0.29) is 5.69 Å².